The number of hydrogen-bond acceptors (Lipinski definition) is 3. The number of aromatic nitrogens is 1. The molecule has 0 bridgehead atoms. The zero-order valence-electron chi connectivity index (χ0n) is 34.9. The van der Waals surface area contributed by atoms with Crippen LogP contribution in [0, 0.1) is 0 Å². The van der Waals surface area contributed by atoms with Crippen LogP contribution in [0.15, 0.2) is 253 Å². The fraction of sp³-hybridized carbons (Fsp3) is 0. The van der Waals surface area contributed by atoms with Gasteiger partial charge < -0.3 is 18.8 Å². The summed E-state index contributed by atoms with van der Waals surface area (Å²) in [6.07, 6.45) is 0. The molecule has 0 aliphatic carbocycles. The first-order valence-corrected chi connectivity index (χ1v) is 21.8. The second kappa shape index (κ2) is 15.7. The third-order valence-electron chi connectivity index (χ3n) is 12.4. The van der Waals surface area contributed by atoms with Crippen LogP contribution in [0.1, 0.15) is 0 Å². The number of hydrogen-bond donors (Lipinski definition) is 0. The van der Waals surface area contributed by atoms with Gasteiger partial charge in [0.05, 0.1) is 11.0 Å². The molecule has 12 rings (SSSR count). The van der Waals surface area contributed by atoms with E-state index in [1.165, 1.54) is 32.9 Å². The first-order valence-electron chi connectivity index (χ1n) is 21.8. The van der Waals surface area contributed by atoms with Gasteiger partial charge in [-0.25, -0.2) is 0 Å². The maximum atomic E-state index is 6.31. The van der Waals surface area contributed by atoms with Gasteiger partial charge in [-0.2, -0.15) is 0 Å². The molecule has 0 amide bonds. The zero-order valence-corrected chi connectivity index (χ0v) is 34.9. The third kappa shape index (κ3) is 6.48. The molecule has 0 saturated carbocycles. The van der Waals surface area contributed by atoms with Gasteiger partial charge in [0, 0.05) is 67.4 Å². The standard InChI is InChI=1S/C60H41N3O/c1-4-15-45(16-5-1)61(46-17-6-2-7-18-46)48-37-31-44(32-38-48)52-23-14-25-57-60(52)55-22-10-12-24-56(55)63(57)50-35-29-43(30-36-50)42-27-33-49(34-28-42)62(47-19-8-3-9-20-47)51-39-40-54-53-21-11-13-26-58(53)64-59(54)41-51/h1-41H. The first-order chi connectivity index (χ1) is 31.7. The van der Waals surface area contributed by atoms with E-state index in [-0.39, 0.29) is 0 Å². The summed E-state index contributed by atoms with van der Waals surface area (Å²) in [6.45, 7) is 0. The second-order valence-corrected chi connectivity index (χ2v) is 16.1. The quantitative estimate of drug-likeness (QED) is 0.145. The Bertz CT molecular complexity index is 3540. The normalized spacial score (nSPS) is 11.4. The van der Waals surface area contributed by atoms with Gasteiger partial charge >= 0.3 is 0 Å². The number of para-hydroxylation sites is 5. The number of fused-ring (bicyclic) bond motifs is 6. The van der Waals surface area contributed by atoms with Crippen molar-refractivity contribution in [2.45, 2.75) is 0 Å². The molecular formula is C60H41N3O. The van der Waals surface area contributed by atoms with Crippen LogP contribution in [0.3, 0.4) is 0 Å². The fourth-order valence-electron chi connectivity index (χ4n) is 9.41. The van der Waals surface area contributed by atoms with Crippen LogP contribution in [0.25, 0.3) is 71.7 Å². The maximum Gasteiger partial charge on any atom is 0.137 e. The molecular weight excluding hydrogens is 779 g/mol. The molecule has 64 heavy (non-hydrogen) atoms. The molecule has 2 aromatic heterocycles. The van der Waals surface area contributed by atoms with Crippen LogP contribution >= 0.6 is 0 Å². The molecule has 4 nitrogen and oxygen atoms in total. The monoisotopic (exact) mass is 819 g/mol. The Hall–Kier alpha value is -8.60. The van der Waals surface area contributed by atoms with Crippen molar-refractivity contribution in [1.29, 1.82) is 0 Å². The van der Waals surface area contributed by atoms with Crippen molar-refractivity contribution < 1.29 is 4.42 Å². The Morgan fingerprint density at radius 3 is 1.38 bits per heavy atom. The topological polar surface area (TPSA) is 24.6 Å². The lowest BCUT2D eigenvalue weighted by molar-refractivity contribution is 0.669. The highest BCUT2D eigenvalue weighted by atomic mass is 16.3. The first kappa shape index (κ1) is 37.2. The second-order valence-electron chi connectivity index (χ2n) is 16.1. The van der Waals surface area contributed by atoms with Crippen LogP contribution in [0.2, 0.25) is 0 Å². The molecule has 4 heteroatoms. The summed E-state index contributed by atoms with van der Waals surface area (Å²) >= 11 is 0. The van der Waals surface area contributed by atoms with E-state index in [1.807, 2.05) is 12.1 Å². The van der Waals surface area contributed by atoms with E-state index in [1.54, 1.807) is 0 Å². The van der Waals surface area contributed by atoms with Crippen LogP contribution in [-0.2, 0) is 0 Å². The number of benzene rings is 10. The minimum absolute atomic E-state index is 0.875. The Balaban J connectivity index is 0.874. The zero-order chi connectivity index (χ0) is 42.4. The third-order valence-corrected chi connectivity index (χ3v) is 12.4. The van der Waals surface area contributed by atoms with Gasteiger partial charge in [0.15, 0.2) is 0 Å². The van der Waals surface area contributed by atoms with Crippen molar-refractivity contribution in [2.75, 3.05) is 9.80 Å². The van der Waals surface area contributed by atoms with E-state index >= 15 is 0 Å². The molecule has 0 saturated heterocycles. The van der Waals surface area contributed by atoms with E-state index < -0.39 is 0 Å². The van der Waals surface area contributed by atoms with Crippen molar-refractivity contribution in [1.82, 2.24) is 4.57 Å². The summed E-state index contributed by atoms with van der Waals surface area (Å²) in [5.41, 5.74) is 16.5. The van der Waals surface area contributed by atoms with Crippen molar-refractivity contribution in [3.8, 4) is 27.9 Å². The summed E-state index contributed by atoms with van der Waals surface area (Å²) in [5, 5.41) is 4.73. The highest BCUT2D eigenvalue weighted by Gasteiger charge is 2.19. The van der Waals surface area contributed by atoms with Crippen molar-refractivity contribution >= 4 is 77.9 Å². The lowest BCUT2D eigenvalue weighted by Gasteiger charge is -2.25. The van der Waals surface area contributed by atoms with Gasteiger partial charge in [-0.15, -0.1) is 0 Å². The van der Waals surface area contributed by atoms with Gasteiger partial charge in [-0.05, 0) is 125 Å². The smallest absolute Gasteiger partial charge is 0.137 e. The highest BCUT2D eigenvalue weighted by molar-refractivity contribution is 6.16. The Labute approximate surface area is 371 Å². The molecule has 2 heterocycles. The number of anilines is 6. The molecule has 0 radical (unpaired) electrons. The predicted molar refractivity (Wildman–Crippen MR) is 268 cm³/mol. The van der Waals surface area contributed by atoms with Gasteiger partial charge in [0.1, 0.15) is 11.2 Å². The molecule has 0 fully saturated rings. The molecule has 12 aromatic rings. The average molecular weight is 820 g/mol. The number of nitrogens with zero attached hydrogens (tertiary/aromatic N) is 3. The summed E-state index contributed by atoms with van der Waals surface area (Å²) in [6, 6.07) is 88.6. The van der Waals surface area contributed by atoms with E-state index in [4.69, 9.17) is 4.42 Å². The summed E-state index contributed by atoms with van der Waals surface area (Å²) in [4.78, 5) is 4.59. The maximum absolute atomic E-state index is 6.31. The lowest BCUT2D eigenvalue weighted by atomic mass is 9.99. The molecule has 0 unspecified atom stereocenters. The van der Waals surface area contributed by atoms with Gasteiger partial charge in [0.2, 0.25) is 0 Å². The fourth-order valence-corrected chi connectivity index (χ4v) is 9.41. The largest absolute Gasteiger partial charge is 0.456 e. The molecule has 0 aliphatic heterocycles. The van der Waals surface area contributed by atoms with Crippen LogP contribution < -0.4 is 9.80 Å². The van der Waals surface area contributed by atoms with Crippen LogP contribution in [0.4, 0.5) is 34.1 Å². The van der Waals surface area contributed by atoms with E-state index in [9.17, 15) is 0 Å². The number of rotatable bonds is 9. The van der Waals surface area contributed by atoms with Crippen LogP contribution in [-0.4, -0.2) is 4.57 Å². The van der Waals surface area contributed by atoms with Gasteiger partial charge in [-0.3, -0.25) is 0 Å². The van der Waals surface area contributed by atoms with Crippen molar-refractivity contribution in [3.63, 3.8) is 0 Å². The molecule has 0 spiro atoms. The predicted octanol–water partition coefficient (Wildman–Crippen LogP) is 17.0. The SMILES string of the molecule is c1ccc(N(c2ccccc2)c2ccc(-c3cccc4c3c3ccccc3n4-c3ccc(-c4ccc(N(c5ccccc5)c5ccc6c(c5)oc5ccccc56)cc4)cc3)cc2)cc1. The van der Waals surface area contributed by atoms with Gasteiger partial charge in [-0.1, -0.05) is 140 Å². The average Bonchev–Trinajstić information content (AvgIpc) is 3.91. The van der Waals surface area contributed by atoms with E-state index in [2.05, 4.69) is 251 Å². The van der Waals surface area contributed by atoms with Crippen molar-refractivity contribution in [3.05, 3.63) is 249 Å². The van der Waals surface area contributed by atoms with Crippen molar-refractivity contribution in [2.24, 2.45) is 0 Å². The molecule has 0 N–H and O–H groups in total. The highest BCUT2D eigenvalue weighted by Crippen LogP contribution is 2.42. The molecule has 10 aromatic carbocycles. The summed E-state index contributed by atoms with van der Waals surface area (Å²) in [7, 11) is 0. The summed E-state index contributed by atoms with van der Waals surface area (Å²) in [5.74, 6) is 0. The van der Waals surface area contributed by atoms with Gasteiger partial charge in [0.25, 0.3) is 0 Å². The number of furan rings is 1. The Morgan fingerprint density at radius 1 is 0.297 bits per heavy atom. The molecule has 0 aliphatic rings. The molecule has 0 atom stereocenters. The minimum Gasteiger partial charge on any atom is -0.456 e. The van der Waals surface area contributed by atoms with E-state index in [0.29, 0.717) is 0 Å². The van der Waals surface area contributed by atoms with E-state index in [0.717, 1.165) is 72.9 Å². The minimum atomic E-state index is 0.875. The summed E-state index contributed by atoms with van der Waals surface area (Å²) < 4.78 is 8.71. The van der Waals surface area contributed by atoms with Crippen LogP contribution in [0.5, 0.6) is 0 Å². The molecule has 302 valence electrons. The Morgan fingerprint density at radius 2 is 0.750 bits per heavy atom. The lowest BCUT2D eigenvalue weighted by Crippen LogP contribution is -2.09. The Kier molecular flexibility index (Phi) is 9.12.